The lowest BCUT2D eigenvalue weighted by Gasteiger charge is -2.02. The van der Waals surface area contributed by atoms with E-state index in [1.807, 2.05) is 6.07 Å². The van der Waals surface area contributed by atoms with E-state index in [2.05, 4.69) is 10.2 Å². The molecule has 0 spiro atoms. The van der Waals surface area contributed by atoms with Crippen LogP contribution in [0.15, 0.2) is 18.2 Å². The van der Waals surface area contributed by atoms with Crippen LogP contribution in [0.1, 0.15) is 0 Å². The van der Waals surface area contributed by atoms with Gasteiger partial charge in [0.15, 0.2) is 5.82 Å². The van der Waals surface area contributed by atoms with Gasteiger partial charge in [0.25, 0.3) is 0 Å². The second-order valence-electron chi connectivity index (χ2n) is 2.89. The summed E-state index contributed by atoms with van der Waals surface area (Å²) in [5, 5.41) is 16.1. The van der Waals surface area contributed by atoms with E-state index in [1.165, 1.54) is 0 Å². The number of hydrogen-bond donors (Lipinski definition) is 3. The molecule has 0 unspecified atom stereocenters. The number of rotatable bonds is 3. The van der Waals surface area contributed by atoms with Gasteiger partial charge in [-0.2, -0.15) is 5.10 Å². The summed E-state index contributed by atoms with van der Waals surface area (Å²) in [4.78, 5) is 0. The molecule has 0 aliphatic carbocycles. The molecule has 0 radical (unpaired) electrons. The molecule has 2 aromatic rings. The first kappa shape index (κ1) is 8.83. The number of aromatic nitrogens is 2. The average Bonchev–Trinajstić information content (AvgIpc) is 2.57. The first-order valence-corrected chi connectivity index (χ1v) is 4.28. The normalized spacial score (nSPS) is 10.6. The molecule has 0 atom stereocenters. The highest BCUT2D eigenvalue weighted by Gasteiger charge is 2.02. The Hall–Kier alpha value is -1.75. The van der Waals surface area contributed by atoms with Crippen LogP contribution in [0.2, 0.25) is 0 Å². The molecule has 2 rings (SSSR count). The largest absolute Gasteiger partial charge is 0.491 e. The van der Waals surface area contributed by atoms with Gasteiger partial charge in [-0.15, -0.1) is 0 Å². The number of anilines is 1. The van der Waals surface area contributed by atoms with Gasteiger partial charge in [0, 0.05) is 11.5 Å². The Morgan fingerprint density at radius 3 is 3.14 bits per heavy atom. The summed E-state index contributed by atoms with van der Waals surface area (Å²) in [5.41, 5.74) is 6.43. The summed E-state index contributed by atoms with van der Waals surface area (Å²) in [6.07, 6.45) is 0. The van der Waals surface area contributed by atoms with E-state index in [-0.39, 0.29) is 13.2 Å². The number of aromatic amines is 1. The first-order valence-electron chi connectivity index (χ1n) is 4.28. The molecule has 1 heterocycles. The van der Waals surface area contributed by atoms with Crippen LogP contribution < -0.4 is 10.5 Å². The van der Waals surface area contributed by atoms with Gasteiger partial charge in [0.1, 0.15) is 12.4 Å². The second-order valence-corrected chi connectivity index (χ2v) is 2.89. The van der Waals surface area contributed by atoms with Crippen LogP contribution in [0.5, 0.6) is 5.75 Å². The Balaban J connectivity index is 2.32. The minimum atomic E-state index is 0.00313. The number of ether oxygens (including phenoxy) is 1. The van der Waals surface area contributed by atoms with Gasteiger partial charge in [0.2, 0.25) is 0 Å². The number of nitrogens with one attached hydrogen (secondary N) is 1. The number of hydrogen-bond acceptors (Lipinski definition) is 4. The summed E-state index contributed by atoms with van der Waals surface area (Å²) in [7, 11) is 0. The Morgan fingerprint density at radius 2 is 2.36 bits per heavy atom. The van der Waals surface area contributed by atoms with Gasteiger partial charge in [0.05, 0.1) is 12.1 Å². The van der Waals surface area contributed by atoms with Crippen LogP contribution in [-0.2, 0) is 0 Å². The van der Waals surface area contributed by atoms with Crippen molar-refractivity contribution in [3.05, 3.63) is 18.2 Å². The molecular formula is C9H11N3O2. The van der Waals surface area contributed by atoms with Gasteiger partial charge in [-0.25, -0.2) is 0 Å². The Kier molecular flexibility index (Phi) is 2.24. The predicted molar refractivity (Wildman–Crippen MR) is 53.1 cm³/mol. The van der Waals surface area contributed by atoms with Crippen molar-refractivity contribution in [1.82, 2.24) is 10.2 Å². The van der Waals surface area contributed by atoms with Gasteiger partial charge in [-0.3, -0.25) is 5.10 Å². The standard InChI is InChI=1S/C9H11N3O2/c10-9-7-2-1-6(14-4-3-13)5-8(7)11-12-9/h1-2,5,13H,3-4H2,(H3,10,11,12). The van der Waals surface area contributed by atoms with Crippen molar-refractivity contribution in [1.29, 1.82) is 0 Å². The number of nitrogen functional groups attached to an aromatic ring is 1. The molecule has 0 saturated heterocycles. The minimum absolute atomic E-state index is 0.00313. The van der Waals surface area contributed by atoms with E-state index >= 15 is 0 Å². The van der Waals surface area contributed by atoms with Crippen molar-refractivity contribution in [3.8, 4) is 5.75 Å². The molecule has 0 bridgehead atoms. The molecule has 0 fully saturated rings. The maximum atomic E-state index is 8.58. The highest BCUT2D eigenvalue weighted by molar-refractivity contribution is 5.89. The van der Waals surface area contributed by atoms with Crippen LogP contribution in [0.25, 0.3) is 10.9 Å². The van der Waals surface area contributed by atoms with Crippen LogP contribution >= 0.6 is 0 Å². The van der Waals surface area contributed by atoms with Gasteiger partial charge in [-0.1, -0.05) is 0 Å². The fraction of sp³-hybridized carbons (Fsp3) is 0.222. The average molecular weight is 193 g/mol. The van der Waals surface area contributed by atoms with Crippen molar-refractivity contribution in [2.75, 3.05) is 18.9 Å². The molecule has 0 aliphatic heterocycles. The number of nitrogens with zero attached hydrogens (tertiary/aromatic N) is 1. The van der Waals surface area contributed by atoms with E-state index in [0.29, 0.717) is 11.6 Å². The van der Waals surface area contributed by atoms with E-state index in [4.69, 9.17) is 15.6 Å². The number of H-pyrrole nitrogens is 1. The summed E-state index contributed by atoms with van der Waals surface area (Å²) >= 11 is 0. The number of fused-ring (bicyclic) bond motifs is 1. The van der Waals surface area contributed by atoms with E-state index in [9.17, 15) is 0 Å². The minimum Gasteiger partial charge on any atom is -0.491 e. The summed E-state index contributed by atoms with van der Waals surface area (Å²) in [5.74, 6) is 1.17. The SMILES string of the molecule is Nc1n[nH]c2cc(OCCO)ccc12. The topological polar surface area (TPSA) is 84.2 Å². The number of benzene rings is 1. The summed E-state index contributed by atoms with van der Waals surface area (Å²) in [6.45, 7) is 0.290. The summed E-state index contributed by atoms with van der Waals surface area (Å²) in [6, 6.07) is 5.43. The fourth-order valence-electron chi connectivity index (χ4n) is 1.27. The van der Waals surface area contributed by atoms with Crippen LogP contribution in [0, 0.1) is 0 Å². The molecular weight excluding hydrogens is 182 g/mol. The highest BCUT2D eigenvalue weighted by Crippen LogP contribution is 2.22. The molecule has 1 aromatic carbocycles. The molecule has 0 saturated carbocycles. The van der Waals surface area contributed by atoms with E-state index in [1.54, 1.807) is 12.1 Å². The lowest BCUT2D eigenvalue weighted by molar-refractivity contribution is 0.201. The van der Waals surface area contributed by atoms with Crippen LogP contribution in [0.4, 0.5) is 5.82 Å². The lowest BCUT2D eigenvalue weighted by atomic mass is 10.2. The molecule has 14 heavy (non-hydrogen) atoms. The second kappa shape index (κ2) is 3.55. The molecule has 5 nitrogen and oxygen atoms in total. The van der Waals surface area contributed by atoms with Crippen LogP contribution in [0.3, 0.4) is 0 Å². The maximum absolute atomic E-state index is 8.58. The maximum Gasteiger partial charge on any atom is 0.153 e. The van der Waals surface area contributed by atoms with Crippen molar-refractivity contribution in [2.24, 2.45) is 0 Å². The monoisotopic (exact) mass is 193 g/mol. The zero-order valence-electron chi connectivity index (χ0n) is 7.53. The first-order chi connectivity index (χ1) is 6.81. The lowest BCUT2D eigenvalue weighted by Crippen LogP contribution is -2.01. The Labute approximate surface area is 80.5 Å². The molecule has 0 amide bonds. The quantitative estimate of drug-likeness (QED) is 0.663. The predicted octanol–water partition coefficient (Wildman–Crippen LogP) is 0.516. The third-order valence-electron chi connectivity index (χ3n) is 1.92. The van der Waals surface area contributed by atoms with E-state index in [0.717, 1.165) is 10.9 Å². The molecule has 4 N–H and O–H groups in total. The molecule has 1 aromatic heterocycles. The van der Waals surface area contributed by atoms with Crippen molar-refractivity contribution < 1.29 is 9.84 Å². The zero-order valence-corrected chi connectivity index (χ0v) is 7.53. The third-order valence-corrected chi connectivity index (χ3v) is 1.92. The smallest absolute Gasteiger partial charge is 0.153 e. The molecule has 74 valence electrons. The number of aliphatic hydroxyl groups is 1. The zero-order chi connectivity index (χ0) is 9.97. The highest BCUT2D eigenvalue weighted by atomic mass is 16.5. The Morgan fingerprint density at radius 1 is 1.50 bits per heavy atom. The Bertz CT molecular complexity index is 439. The van der Waals surface area contributed by atoms with Crippen molar-refractivity contribution >= 4 is 16.7 Å². The van der Waals surface area contributed by atoms with Gasteiger partial charge in [-0.05, 0) is 12.1 Å². The fourth-order valence-corrected chi connectivity index (χ4v) is 1.27. The van der Waals surface area contributed by atoms with Crippen molar-refractivity contribution in [2.45, 2.75) is 0 Å². The molecule has 0 aliphatic rings. The number of nitrogens with two attached hydrogens (primary N) is 1. The number of aliphatic hydroxyl groups excluding tert-OH is 1. The summed E-state index contributed by atoms with van der Waals surface area (Å²) < 4.78 is 5.23. The van der Waals surface area contributed by atoms with Crippen molar-refractivity contribution in [3.63, 3.8) is 0 Å². The van der Waals surface area contributed by atoms with Gasteiger partial charge < -0.3 is 15.6 Å². The van der Waals surface area contributed by atoms with Gasteiger partial charge >= 0.3 is 0 Å². The van der Waals surface area contributed by atoms with Crippen LogP contribution in [-0.4, -0.2) is 28.5 Å². The van der Waals surface area contributed by atoms with E-state index < -0.39 is 0 Å². The third kappa shape index (κ3) is 1.49. The molecule has 5 heteroatoms.